The summed E-state index contributed by atoms with van der Waals surface area (Å²) in [6.07, 6.45) is 7.81. The number of benzene rings is 1. The first-order valence-electron chi connectivity index (χ1n) is 13.1. The average molecular weight is 485 g/mol. The van der Waals surface area contributed by atoms with Crippen molar-refractivity contribution < 1.29 is 9.18 Å². The summed E-state index contributed by atoms with van der Waals surface area (Å²) in [5.74, 6) is -0.275. The smallest absolute Gasteiger partial charge is 0.189 e. The molecule has 1 aromatic carbocycles. The van der Waals surface area contributed by atoms with Gasteiger partial charge in [0.2, 0.25) is 0 Å². The highest BCUT2D eigenvalue weighted by molar-refractivity contribution is 6.16. The molecule has 0 atom stereocenters. The number of ketones is 1. The number of carbonyl (C=O) groups is 1. The molecule has 1 aliphatic rings. The van der Waals surface area contributed by atoms with E-state index in [9.17, 15) is 9.18 Å². The minimum absolute atomic E-state index is 0.0133. The van der Waals surface area contributed by atoms with E-state index in [2.05, 4.69) is 16.8 Å². The van der Waals surface area contributed by atoms with Gasteiger partial charge in [-0.05, 0) is 43.2 Å². The fourth-order valence-corrected chi connectivity index (χ4v) is 2.89. The van der Waals surface area contributed by atoms with Crippen molar-refractivity contribution in [3.8, 4) is 11.3 Å². The highest BCUT2D eigenvalue weighted by atomic mass is 19.1. The molecular weight excluding hydrogens is 435 g/mol. The number of aromatic nitrogens is 2. The summed E-state index contributed by atoms with van der Waals surface area (Å²) in [7, 11) is 0. The number of nitrogens with one attached hydrogen (secondary N) is 1. The number of Topliss-reactive ketones (excluding diaryl/α,β-unsaturated/α-hetero) is 1. The maximum absolute atomic E-state index is 13.7. The maximum atomic E-state index is 13.7. The van der Waals surface area contributed by atoms with Crippen molar-refractivity contribution in [3.63, 3.8) is 0 Å². The van der Waals surface area contributed by atoms with Crippen molar-refractivity contribution in [1.29, 1.82) is 0 Å². The van der Waals surface area contributed by atoms with Crippen LogP contribution in [0, 0.1) is 12.7 Å². The van der Waals surface area contributed by atoms with Crippen molar-refractivity contribution in [2.75, 3.05) is 0 Å². The van der Waals surface area contributed by atoms with Crippen LogP contribution in [0.1, 0.15) is 93.8 Å². The van der Waals surface area contributed by atoms with Gasteiger partial charge in [0.05, 0.1) is 11.4 Å². The lowest BCUT2D eigenvalue weighted by Gasteiger charge is -1.99. The zero-order valence-electron chi connectivity index (χ0n) is 24.3. The largest absolute Gasteiger partial charge is 0.289 e. The summed E-state index contributed by atoms with van der Waals surface area (Å²) >= 11 is 0. The molecule has 1 heterocycles. The Kier molecular flexibility index (Phi) is 23.8. The Morgan fingerprint density at radius 3 is 2.03 bits per heavy atom. The average Bonchev–Trinajstić information content (AvgIpc) is 3.51. The summed E-state index contributed by atoms with van der Waals surface area (Å²) in [6.45, 7) is 27.4. The Morgan fingerprint density at radius 1 is 0.971 bits per heavy atom. The maximum Gasteiger partial charge on any atom is 0.189 e. The molecule has 0 unspecified atom stereocenters. The number of hydrogen-bond acceptors (Lipinski definition) is 2. The summed E-state index contributed by atoms with van der Waals surface area (Å²) in [4.78, 5) is 12.5. The summed E-state index contributed by atoms with van der Waals surface area (Å²) < 4.78 is 13.7. The van der Waals surface area contributed by atoms with E-state index in [1.165, 1.54) is 6.07 Å². The van der Waals surface area contributed by atoms with Crippen LogP contribution in [-0.4, -0.2) is 16.0 Å². The van der Waals surface area contributed by atoms with Crippen molar-refractivity contribution in [2.45, 2.75) is 89.5 Å². The Morgan fingerprint density at radius 2 is 1.54 bits per heavy atom. The van der Waals surface area contributed by atoms with Crippen molar-refractivity contribution in [2.24, 2.45) is 0 Å². The quantitative estimate of drug-likeness (QED) is 0.439. The third kappa shape index (κ3) is 11.3. The van der Waals surface area contributed by atoms with Crippen LogP contribution < -0.4 is 0 Å². The molecule has 0 radical (unpaired) electrons. The van der Waals surface area contributed by atoms with Crippen molar-refractivity contribution in [3.05, 3.63) is 82.9 Å². The van der Waals surface area contributed by atoms with Gasteiger partial charge in [0.1, 0.15) is 5.82 Å². The van der Waals surface area contributed by atoms with E-state index in [-0.39, 0.29) is 11.6 Å². The number of hydrogen-bond donors (Lipinski definition) is 1. The van der Waals surface area contributed by atoms with Gasteiger partial charge in [0, 0.05) is 23.1 Å². The minimum atomic E-state index is -0.262. The van der Waals surface area contributed by atoms with E-state index >= 15 is 0 Å². The Labute approximate surface area is 215 Å². The van der Waals surface area contributed by atoms with Gasteiger partial charge in [0.25, 0.3) is 0 Å². The van der Waals surface area contributed by atoms with Crippen LogP contribution in [0.15, 0.2) is 65.8 Å². The molecule has 3 rings (SSSR count). The standard InChI is InChI=1S/C21H19FN2O.5C2H6/c1-4-6-14-9-16(21(25)18(14)5-2)10-17-12-20(24-23-17)15-8-7-13(3)19(22)11-15;5*1-2/h4-8,10-12H,2,9H2,1,3H3,(H,23,24);5*1-2H3/b6-4-,16-10+;;;;;. The van der Waals surface area contributed by atoms with E-state index in [0.29, 0.717) is 40.1 Å². The molecule has 0 fully saturated rings. The van der Waals surface area contributed by atoms with Crippen LogP contribution in [0.5, 0.6) is 0 Å². The fraction of sp³-hybridized carbons (Fsp3) is 0.419. The first kappa shape index (κ1) is 36.6. The lowest BCUT2D eigenvalue weighted by Crippen LogP contribution is -1.96. The van der Waals surface area contributed by atoms with Gasteiger partial charge >= 0.3 is 0 Å². The predicted octanol–water partition coefficient (Wildman–Crippen LogP) is 10.1. The van der Waals surface area contributed by atoms with Gasteiger partial charge in [-0.2, -0.15) is 5.10 Å². The number of rotatable bonds is 4. The topological polar surface area (TPSA) is 45.8 Å². The molecule has 35 heavy (non-hydrogen) atoms. The van der Waals surface area contributed by atoms with Gasteiger partial charge in [-0.15, -0.1) is 0 Å². The SMILES string of the molecule is C=CC1=C(/C=C\C)C/C(=C\c2cc(-c3ccc(C)c(F)c3)n[nH]2)C1=O.CC.CC.CC.CC.CC. The van der Waals surface area contributed by atoms with Crippen molar-refractivity contribution in [1.82, 2.24) is 10.2 Å². The van der Waals surface area contributed by atoms with E-state index in [1.54, 1.807) is 25.1 Å². The molecule has 1 aromatic heterocycles. The van der Waals surface area contributed by atoms with Crippen LogP contribution in [0.4, 0.5) is 4.39 Å². The molecular formula is C31H49FN2O. The molecule has 0 amide bonds. The van der Waals surface area contributed by atoms with Gasteiger partial charge in [-0.25, -0.2) is 4.39 Å². The monoisotopic (exact) mass is 484 g/mol. The summed E-state index contributed by atoms with van der Waals surface area (Å²) in [5, 5.41) is 7.13. The van der Waals surface area contributed by atoms with Crippen LogP contribution in [-0.2, 0) is 4.79 Å². The third-order valence-electron chi connectivity index (χ3n) is 4.23. The number of halogens is 1. The van der Waals surface area contributed by atoms with Gasteiger partial charge in [-0.1, -0.05) is 106 Å². The van der Waals surface area contributed by atoms with Crippen LogP contribution >= 0.6 is 0 Å². The van der Waals surface area contributed by atoms with E-state index < -0.39 is 0 Å². The zero-order valence-corrected chi connectivity index (χ0v) is 24.3. The minimum Gasteiger partial charge on any atom is -0.289 e. The number of H-pyrrole nitrogens is 1. The molecule has 2 aromatic rings. The first-order valence-corrected chi connectivity index (χ1v) is 13.1. The van der Waals surface area contributed by atoms with E-state index in [0.717, 1.165) is 5.57 Å². The number of nitrogens with zero attached hydrogens (tertiary/aromatic N) is 1. The molecule has 1 aliphatic carbocycles. The summed E-state index contributed by atoms with van der Waals surface area (Å²) in [6, 6.07) is 6.83. The second kappa shape index (κ2) is 22.8. The Balaban J connectivity index is -0.000000912. The molecule has 0 saturated carbocycles. The Bertz CT molecular complexity index is 947. The lowest BCUT2D eigenvalue weighted by molar-refractivity contribution is -0.111. The molecule has 0 spiro atoms. The summed E-state index contributed by atoms with van der Waals surface area (Å²) in [5.41, 5.74) is 4.94. The van der Waals surface area contributed by atoms with Gasteiger partial charge < -0.3 is 0 Å². The molecule has 1 N–H and O–H groups in total. The zero-order chi connectivity index (χ0) is 28.0. The fourth-order valence-electron chi connectivity index (χ4n) is 2.89. The van der Waals surface area contributed by atoms with Crippen LogP contribution in [0.25, 0.3) is 17.3 Å². The highest BCUT2D eigenvalue weighted by Gasteiger charge is 2.24. The van der Waals surface area contributed by atoms with Crippen LogP contribution in [0.3, 0.4) is 0 Å². The molecule has 0 aliphatic heterocycles. The first-order chi connectivity index (χ1) is 17.0. The van der Waals surface area contributed by atoms with Crippen molar-refractivity contribution >= 4 is 11.9 Å². The number of allylic oxidation sites excluding steroid dienone is 6. The molecule has 4 heteroatoms. The number of aromatic amines is 1. The molecule has 196 valence electrons. The highest BCUT2D eigenvalue weighted by Crippen LogP contribution is 2.31. The Hall–Kier alpha value is -3.01. The third-order valence-corrected chi connectivity index (χ3v) is 4.23. The molecule has 0 saturated heterocycles. The second-order valence-electron chi connectivity index (χ2n) is 5.99. The molecule has 3 nitrogen and oxygen atoms in total. The van der Waals surface area contributed by atoms with Gasteiger partial charge in [-0.3, -0.25) is 9.89 Å². The predicted molar refractivity (Wildman–Crippen MR) is 155 cm³/mol. The van der Waals surface area contributed by atoms with E-state index in [4.69, 9.17) is 0 Å². The molecule has 0 bridgehead atoms. The lowest BCUT2D eigenvalue weighted by atomic mass is 10.1. The number of carbonyl (C=O) groups excluding carboxylic acids is 1. The van der Waals surface area contributed by atoms with Crippen LogP contribution in [0.2, 0.25) is 0 Å². The second-order valence-corrected chi connectivity index (χ2v) is 5.99. The normalized spacial score (nSPS) is 12.6. The van der Waals surface area contributed by atoms with E-state index in [1.807, 2.05) is 100 Å². The number of aryl methyl sites for hydroxylation is 1. The van der Waals surface area contributed by atoms with Gasteiger partial charge in [0.15, 0.2) is 5.78 Å².